The number of benzene rings is 2. The minimum Gasteiger partial charge on any atom is -0.422 e. The molecule has 0 unspecified atom stereocenters. The molecule has 3 heteroatoms. The number of hydrogen-bond acceptors (Lipinski definition) is 3. The van der Waals surface area contributed by atoms with Crippen LogP contribution in [0.4, 0.5) is 0 Å². The van der Waals surface area contributed by atoms with Gasteiger partial charge in [-0.25, -0.2) is 4.79 Å². The van der Waals surface area contributed by atoms with Crippen LogP contribution in [0.3, 0.4) is 0 Å². The van der Waals surface area contributed by atoms with E-state index in [1.807, 2.05) is 56.3 Å². The Balaban J connectivity index is 2.46. The molecule has 3 nitrogen and oxygen atoms in total. The minimum absolute atomic E-state index is 0.0577. The molecule has 1 heterocycles. The van der Waals surface area contributed by atoms with Crippen molar-refractivity contribution in [2.24, 2.45) is 0 Å². The standard InChI is InChI=1S/C20H18O3/c1-12-9-16-18(10-13(12)2)23-20(22)17(11-14(3)21)19(16)15-7-5-4-6-8-15/h4-10H,11H2,1-3H3. The number of Topliss-reactive ketones (excluding diaryl/α,β-unsaturated/α-hetero) is 1. The van der Waals surface area contributed by atoms with Crippen LogP contribution in [0.25, 0.3) is 22.1 Å². The van der Waals surface area contributed by atoms with E-state index in [1.54, 1.807) is 0 Å². The minimum atomic E-state index is -0.435. The highest BCUT2D eigenvalue weighted by atomic mass is 16.4. The molecule has 23 heavy (non-hydrogen) atoms. The van der Waals surface area contributed by atoms with E-state index in [-0.39, 0.29) is 12.2 Å². The fraction of sp³-hybridized carbons (Fsp3) is 0.200. The largest absolute Gasteiger partial charge is 0.422 e. The maximum absolute atomic E-state index is 12.4. The summed E-state index contributed by atoms with van der Waals surface area (Å²) in [4.78, 5) is 24.1. The second-order valence-electron chi connectivity index (χ2n) is 5.92. The Hall–Kier alpha value is -2.68. The lowest BCUT2D eigenvalue weighted by molar-refractivity contribution is -0.116. The lowest BCUT2D eigenvalue weighted by Crippen LogP contribution is -2.13. The van der Waals surface area contributed by atoms with Gasteiger partial charge in [-0.1, -0.05) is 30.3 Å². The Morgan fingerprint density at radius 3 is 2.35 bits per heavy atom. The number of hydrogen-bond donors (Lipinski definition) is 0. The molecular formula is C20H18O3. The molecule has 3 aromatic rings. The SMILES string of the molecule is CC(=O)Cc1c(-c2ccccc2)c2cc(C)c(C)cc2oc1=O. The van der Waals surface area contributed by atoms with Crippen molar-refractivity contribution in [2.45, 2.75) is 27.2 Å². The van der Waals surface area contributed by atoms with Gasteiger partial charge in [0, 0.05) is 17.4 Å². The molecule has 3 rings (SSSR count). The highest BCUT2D eigenvalue weighted by Crippen LogP contribution is 2.32. The highest BCUT2D eigenvalue weighted by molar-refractivity contribution is 5.97. The Bertz CT molecular complexity index is 950. The monoisotopic (exact) mass is 306 g/mol. The zero-order chi connectivity index (χ0) is 16.6. The Morgan fingerprint density at radius 1 is 1.04 bits per heavy atom. The number of rotatable bonds is 3. The zero-order valence-corrected chi connectivity index (χ0v) is 13.5. The number of aryl methyl sites for hydroxylation is 2. The fourth-order valence-corrected chi connectivity index (χ4v) is 2.84. The first-order valence-electron chi connectivity index (χ1n) is 7.59. The van der Waals surface area contributed by atoms with Crippen molar-refractivity contribution in [3.05, 3.63) is 69.6 Å². The summed E-state index contributed by atoms with van der Waals surface area (Å²) in [6, 6.07) is 13.6. The van der Waals surface area contributed by atoms with Gasteiger partial charge in [-0.15, -0.1) is 0 Å². The van der Waals surface area contributed by atoms with Crippen LogP contribution in [0.1, 0.15) is 23.6 Å². The third-order valence-electron chi connectivity index (χ3n) is 4.10. The Kier molecular flexibility index (Phi) is 3.87. The van der Waals surface area contributed by atoms with Crippen molar-refractivity contribution in [2.75, 3.05) is 0 Å². The average molecular weight is 306 g/mol. The van der Waals surface area contributed by atoms with Crippen molar-refractivity contribution in [1.82, 2.24) is 0 Å². The molecule has 0 aliphatic heterocycles. The lowest BCUT2D eigenvalue weighted by atomic mass is 9.93. The van der Waals surface area contributed by atoms with Gasteiger partial charge in [0.1, 0.15) is 11.4 Å². The molecule has 0 aliphatic rings. The lowest BCUT2D eigenvalue weighted by Gasteiger charge is -2.12. The first-order chi connectivity index (χ1) is 11.0. The van der Waals surface area contributed by atoms with Gasteiger partial charge in [0.15, 0.2) is 0 Å². The first-order valence-corrected chi connectivity index (χ1v) is 7.59. The van der Waals surface area contributed by atoms with Crippen LogP contribution in [-0.2, 0) is 11.2 Å². The molecule has 0 saturated carbocycles. The summed E-state index contributed by atoms with van der Waals surface area (Å²) >= 11 is 0. The molecule has 0 radical (unpaired) electrons. The van der Waals surface area contributed by atoms with Gasteiger partial charge in [0.25, 0.3) is 0 Å². The van der Waals surface area contributed by atoms with E-state index in [0.717, 1.165) is 27.6 Å². The number of carbonyl (C=O) groups excluding carboxylic acids is 1. The van der Waals surface area contributed by atoms with Crippen LogP contribution in [0.2, 0.25) is 0 Å². The van der Waals surface area contributed by atoms with Gasteiger partial charge in [0.05, 0.1) is 5.56 Å². The summed E-state index contributed by atoms with van der Waals surface area (Å²) in [6.07, 6.45) is 0.0788. The molecule has 0 spiro atoms. The molecule has 2 aromatic carbocycles. The Morgan fingerprint density at radius 2 is 1.70 bits per heavy atom. The van der Waals surface area contributed by atoms with Crippen molar-refractivity contribution < 1.29 is 9.21 Å². The van der Waals surface area contributed by atoms with Crippen LogP contribution in [0.15, 0.2) is 51.7 Å². The summed E-state index contributed by atoms with van der Waals surface area (Å²) < 4.78 is 5.48. The van der Waals surface area contributed by atoms with Crippen LogP contribution in [0.5, 0.6) is 0 Å². The molecule has 0 N–H and O–H groups in total. The molecule has 1 aromatic heterocycles. The number of carbonyl (C=O) groups is 1. The van der Waals surface area contributed by atoms with Gasteiger partial charge in [-0.2, -0.15) is 0 Å². The third-order valence-corrected chi connectivity index (χ3v) is 4.10. The quantitative estimate of drug-likeness (QED) is 0.681. The summed E-state index contributed by atoms with van der Waals surface area (Å²) in [5.41, 5.74) is 4.47. The second kappa shape index (κ2) is 5.84. The van der Waals surface area contributed by atoms with Gasteiger partial charge < -0.3 is 4.42 Å². The molecule has 0 atom stereocenters. The van der Waals surface area contributed by atoms with Crippen LogP contribution < -0.4 is 5.63 Å². The summed E-state index contributed by atoms with van der Waals surface area (Å²) in [7, 11) is 0. The van der Waals surface area contributed by atoms with E-state index in [9.17, 15) is 9.59 Å². The summed E-state index contributed by atoms with van der Waals surface area (Å²) in [5, 5.41) is 0.871. The average Bonchev–Trinajstić information content (AvgIpc) is 2.51. The molecule has 116 valence electrons. The molecular weight excluding hydrogens is 288 g/mol. The van der Waals surface area contributed by atoms with Crippen molar-refractivity contribution in [3.8, 4) is 11.1 Å². The third kappa shape index (κ3) is 2.82. The predicted molar refractivity (Wildman–Crippen MR) is 91.8 cm³/mol. The molecule has 0 bridgehead atoms. The predicted octanol–water partition coefficient (Wildman–Crippen LogP) is 4.21. The van der Waals surface area contributed by atoms with Crippen LogP contribution in [0, 0.1) is 13.8 Å². The van der Waals surface area contributed by atoms with E-state index < -0.39 is 5.63 Å². The van der Waals surface area contributed by atoms with Crippen molar-refractivity contribution in [3.63, 3.8) is 0 Å². The number of ketones is 1. The normalized spacial score (nSPS) is 10.9. The smallest absolute Gasteiger partial charge is 0.340 e. The van der Waals surface area contributed by atoms with E-state index >= 15 is 0 Å². The van der Waals surface area contributed by atoms with Crippen LogP contribution in [-0.4, -0.2) is 5.78 Å². The van der Waals surface area contributed by atoms with E-state index in [2.05, 4.69) is 0 Å². The van der Waals surface area contributed by atoms with Crippen molar-refractivity contribution >= 4 is 16.8 Å². The van der Waals surface area contributed by atoms with Gasteiger partial charge in [-0.05, 0) is 49.6 Å². The van der Waals surface area contributed by atoms with E-state index in [0.29, 0.717) is 11.1 Å². The van der Waals surface area contributed by atoms with E-state index in [1.165, 1.54) is 6.92 Å². The van der Waals surface area contributed by atoms with Crippen LogP contribution >= 0.6 is 0 Å². The van der Waals surface area contributed by atoms with E-state index in [4.69, 9.17) is 4.42 Å². The topological polar surface area (TPSA) is 47.3 Å². The second-order valence-corrected chi connectivity index (χ2v) is 5.92. The maximum atomic E-state index is 12.4. The Labute approximate surface area is 134 Å². The number of fused-ring (bicyclic) bond motifs is 1. The summed E-state index contributed by atoms with van der Waals surface area (Å²) in [5.74, 6) is -0.0577. The van der Waals surface area contributed by atoms with Crippen molar-refractivity contribution in [1.29, 1.82) is 0 Å². The van der Waals surface area contributed by atoms with Gasteiger partial charge in [0.2, 0.25) is 0 Å². The molecule has 0 amide bonds. The fourth-order valence-electron chi connectivity index (χ4n) is 2.84. The van der Waals surface area contributed by atoms with Gasteiger partial charge in [-0.3, -0.25) is 4.79 Å². The summed E-state index contributed by atoms with van der Waals surface area (Å²) in [6.45, 7) is 5.50. The highest BCUT2D eigenvalue weighted by Gasteiger charge is 2.18. The van der Waals surface area contributed by atoms with Gasteiger partial charge >= 0.3 is 5.63 Å². The molecule has 0 saturated heterocycles. The first kappa shape index (κ1) is 15.2. The molecule has 0 fully saturated rings. The zero-order valence-electron chi connectivity index (χ0n) is 13.5. The maximum Gasteiger partial charge on any atom is 0.340 e. The molecule has 0 aliphatic carbocycles.